The molecule has 0 unspecified atom stereocenters. The summed E-state index contributed by atoms with van der Waals surface area (Å²) in [6.07, 6.45) is 4.51. The van der Waals surface area contributed by atoms with Gasteiger partial charge in [0.1, 0.15) is 5.82 Å². The number of rotatable bonds is 5. The van der Waals surface area contributed by atoms with E-state index in [1.54, 1.807) is 12.1 Å². The standard InChI is InChI=1S/C16H21FN2O/c1-2-19(14-9-10-14)16(20)18-15(11-3-4-11)12-5-7-13(17)8-6-12/h5-8,11,14-15H,2-4,9-10H2,1H3,(H,18,20)/t15-/m1/s1. The van der Waals surface area contributed by atoms with Crippen LogP contribution in [0.2, 0.25) is 0 Å². The molecule has 0 spiro atoms. The summed E-state index contributed by atoms with van der Waals surface area (Å²) in [7, 11) is 0. The van der Waals surface area contributed by atoms with Gasteiger partial charge in [-0.2, -0.15) is 0 Å². The van der Waals surface area contributed by atoms with E-state index in [1.165, 1.54) is 12.1 Å². The molecule has 1 atom stereocenters. The van der Waals surface area contributed by atoms with Crippen LogP contribution in [0.5, 0.6) is 0 Å². The maximum absolute atomic E-state index is 13.0. The summed E-state index contributed by atoms with van der Waals surface area (Å²) < 4.78 is 13.0. The van der Waals surface area contributed by atoms with Crippen LogP contribution in [0.1, 0.15) is 44.2 Å². The normalized spacial score (nSPS) is 19.5. The van der Waals surface area contributed by atoms with E-state index < -0.39 is 0 Å². The van der Waals surface area contributed by atoms with Crippen LogP contribution in [0.15, 0.2) is 24.3 Å². The molecule has 2 aliphatic rings. The van der Waals surface area contributed by atoms with Gasteiger partial charge in [-0.1, -0.05) is 12.1 Å². The van der Waals surface area contributed by atoms with Gasteiger partial charge in [-0.3, -0.25) is 0 Å². The van der Waals surface area contributed by atoms with Crippen LogP contribution in [0.3, 0.4) is 0 Å². The van der Waals surface area contributed by atoms with E-state index in [4.69, 9.17) is 0 Å². The highest BCUT2D eigenvalue weighted by atomic mass is 19.1. The highest BCUT2D eigenvalue weighted by Crippen LogP contribution is 2.41. The Morgan fingerprint density at radius 1 is 1.30 bits per heavy atom. The zero-order chi connectivity index (χ0) is 14.1. The van der Waals surface area contributed by atoms with Crippen molar-refractivity contribution in [3.63, 3.8) is 0 Å². The topological polar surface area (TPSA) is 32.3 Å². The number of carbonyl (C=O) groups excluding carboxylic acids is 1. The number of carbonyl (C=O) groups is 1. The van der Waals surface area contributed by atoms with Crippen molar-refractivity contribution in [2.45, 2.75) is 44.7 Å². The Morgan fingerprint density at radius 2 is 1.95 bits per heavy atom. The molecule has 0 heterocycles. The minimum Gasteiger partial charge on any atom is -0.331 e. The second-order valence-corrected chi connectivity index (χ2v) is 5.83. The van der Waals surface area contributed by atoms with Crippen LogP contribution in [-0.2, 0) is 0 Å². The zero-order valence-electron chi connectivity index (χ0n) is 11.8. The summed E-state index contributed by atoms with van der Waals surface area (Å²) in [5, 5.41) is 3.15. The van der Waals surface area contributed by atoms with Gasteiger partial charge in [-0.25, -0.2) is 9.18 Å². The number of hydrogen-bond donors (Lipinski definition) is 1. The fraction of sp³-hybridized carbons (Fsp3) is 0.562. The van der Waals surface area contributed by atoms with Crippen LogP contribution in [-0.4, -0.2) is 23.5 Å². The first kappa shape index (κ1) is 13.4. The Labute approximate surface area is 119 Å². The molecule has 2 aliphatic carbocycles. The lowest BCUT2D eigenvalue weighted by molar-refractivity contribution is 0.192. The summed E-state index contributed by atoms with van der Waals surface area (Å²) >= 11 is 0. The molecular weight excluding hydrogens is 255 g/mol. The molecule has 0 radical (unpaired) electrons. The van der Waals surface area contributed by atoms with Gasteiger partial charge in [0.2, 0.25) is 0 Å². The molecular formula is C16H21FN2O. The molecule has 108 valence electrons. The molecule has 4 heteroatoms. The summed E-state index contributed by atoms with van der Waals surface area (Å²) in [5.74, 6) is 0.269. The van der Waals surface area contributed by atoms with E-state index in [9.17, 15) is 9.18 Å². The van der Waals surface area contributed by atoms with E-state index >= 15 is 0 Å². The first-order chi connectivity index (χ1) is 9.69. The number of nitrogens with zero attached hydrogens (tertiary/aromatic N) is 1. The summed E-state index contributed by atoms with van der Waals surface area (Å²) in [5.41, 5.74) is 1.01. The van der Waals surface area contributed by atoms with Crippen LogP contribution in [0.25, 0.3) is 0 Å². The monoisotopic (exact) mass is 276 g/mol. The Balaban J connectivity index is 1.71. The lowest BCUT2D eigenvalue weighted by atomic mass is 10.0. The summed E-state index contributed by atoms with van der Waals surface area (Å²) in [4.78, 5) is 14.3. The van der Waals surface area contributed by atoms with Crippen molar-refractivity contribution in [2.75, 3.05) is 6.54 Å². The smallest absolute Gasteiger partial charge is 0.318 e. The van der Waals surface area contributed by atoms with Crippen LogP contribution in [0, 0.1) is 11.7 Å². The Bertz CT molecular complexity index is 480. The van der Waals surface area contributed by atoms with E-state index in [1.807, 2.05) is 11.8 Å². The molecule has 3 nitrogen and oxygen atoms in total. The predicted octanol–water partition coefficient (Wildman–Crippen LogP) is 3.47. The highest BCUT2D eigenvalue weighted by molar-refractivity contribution is 5.75. The fourth-order valence-corrected chi connectivity index (χ4v) is 2.74. The van der Waals surface area contributed by atoms with E-state index in [0.717, 1.165) is 37.8 Å². The van der Waals surface area contributed by atoms with Crippen LogP contribution >= 0.6 is 0 Å². The van der Waals surface area contributed by atoms with Crippen molar-refractivity contribution in [3.8, 4) is 0 Å². The third-order valence-electron chi connectivity index (χ3n) is 4.19. The van der Waals surface area contributed by atoms with Gasteiger partial charge in [-0.15, -0.1) is 0 Å². The molecule has 3 rings (SSSR count). The van der Waals surface area contributed by atoms with Crippen molar-refractivity contribution in [2.24, 2.45) is 5.92 Å². The second-order valence-electron chi connectivity index (χ2n) is 5.83. The van der Waals surface area contributed by atoms with Gasteiger partial charge in [0, 0.05) is 12.6 Å². The number of nitrogens with one attached hydrogen (secondary N) is 1. The lowest BCUT2D eigenvalue weighted by Gasteiger charge is -2.26. The minimum absolute atomic E-state index is 0.0240. The Hall–Kier alpha value is -1.58. The van der Waals surface area contributed by atoms with Gasteiger partial charge in [0.15, 0.2) is 0 Å². The third kappa shape index (κ3) is 2.94. The average molecular weight is 276 g/mol. The number of halogens is 1. The fourth-order valence-electron chi connectivity index (χ4n) is 2.74. The molecule has 2 amide bonds. The molecule has 1 N–H and O–H groups in total. The van der Waals surface area contributed by atoms with Crippen molar-refractivity contribution in [1.29, 1.82) is 0 Å². The van der Waals surface area contributed by atoms with Gasteiger partial charge in [0.25, 0.3) is 0 Å². The van der Waals surface area contributed by atoms with Crippen molar-refractivity contribution in [1.82, 2.24) is 10.2 Å². The summed E-state index contributed by atoms with van der Waals surface area (Å²) in [6.45, 7) is 2.76. The molecule has 2 fully saturated rings. The average Bonchev–Trinajstić information content (AvgIpc) is 3.30. The molecule has 0 aromatic heterocycles. The number of amides is 2. The van der Waals surface area contributed by atoms with Gasteiger partial charge in [0.05, 0.1) is 6.04 Å². The van der Waals surface area contributed by atoms with Gasteiger partial charge in [-0.05, 0) is 56.2 Å². The quantitative estimate of drug-likeness (QED) is 0.877. The SMILES string of the molecule is CCN(C(=O)N[C@@H](c1ccc(F)cc1)C1CC1)C1CC1. The third-order valence-corrected chi connectivity index (χ3v) is 4.19. The van der Waals surface area contributed by atoms with Gasteiger partial charge >= 0.3 is 6.03 Å². The van der Waals surface area contributed by atoms with Crippen molar-refractivity contribution >= 4 is 6.03 Å². The van der Waals surface area contributed by atoms with Crippen LogP contribution in [0.4, 0.5) is 9.18 Å². The van der Waals surface area contributed by atoms with Crippen molar-refractivity contribution in [3.05, 3.63) is 35.6 Å². The van der Waals surface area contributed by atoms with Gasteiger partial charge < -0.3 is 10.2 Å². The zero-order valence-corrected chi connectivity index (χ0v) is 11.8. The first-order valence-electron chi connectivity index (χ1n) is 7.51. The molecule has 0 saturated heterocycles. The molecule has 1 aromatic rings. The maximum atomic E-state index is 13.0. The maximum Gasteiger partial charge on any atom is 0.318 e. The second kappa shape index (κ2) is 5.43. The molecule has 0 bridgehead atoms. The lowest BCUT2D eigenvalue weighted by Crippen LogP contribution is -2.43. The number of urea groups is 1. The van der Waals surface area contributed by atoms with E-state index in [2.05, 4.69) is 5.32 Å². The Morgan fingerprint density at radius 3 is 2.45 bits per heavy atom. The first-order valence-corrected chi connectivity index (χ1v) is 7.51. The summed E-state index contributed by atoms with van der Waals surface area (Å²) in [6, 6.07) is 6.98. The Kier molecular flexibility index (Phi) is 3.64. The molecule has 20 heavy (non-hydrogen) atoms. The minimum atomic E-state index is -0.234. The molecule has 1 aromatic carbocycles. The number of benzene rings is 1. The van der Waals surface area contributed by atoms with Crippen molar-refractivity contribution < 1.29 is 9.18 Å². The number of hydrogen-bond acceptors (Lipinski definition) is 1. The highest BCUT2D eigenvalue weighted by Gasteiger charge is 2.37. The van der Waals surface area contributed by atoms with E-state index in [0.29, 0.717) is 12.0 Å². The van der Waals surface area contributed by atoms with E-state index in [-0.39, 0.29) is 17.9 Å². The van der Waals surface area contributed by atoms with Crippen LogP contribution < -0.4 is 5.32 Å². The molecule has 0 aliphatic heterocycles. The molecule has 2 saturated carbocycles. The predicted molar refractivity (Wildman–Crippen MR) is 75.8 cm³/mol. The largest absolute Gasteiger partial charge is 0.331 e.